The first-order chi connectivity index (χ1) is 16.3. The standard InChI is InChI=1S/C25H26FN5O2S/c1-16-13-17(15-28-22(16)27-2)30-23(32)25(9-4-10-25)31(24(30)34)21-6-5-19(14-20(21)26)33-18-7-11-29(3)12-8-18/h5-6,13-15,18H,4,7-12H2,1,3H3. The summed E-state index contributed by atoms with van der Waals surface area (Å²) in [7, 11) is 2.08. The van der Waals surface area contributed by atoms with Crippen LogP contribution in [-0.2, 0) is 4.79 Å². The third-order valence-corrected chi connectivity index (χ3v) is 7.49. The van der Waals surface area contributed by atoms with Gasteiger partial charge in [0.1, 0.15) is 23.6 Å². The molecule has 1 aromatic heterocycles. The molecule has 2 aliphatic heterocycles. The molecule has 7 nitrogen and oxygen atoms in total. The van der Waals surface area contributed by atoms with Gasteiger partial charge in [-0.1, -0.05) is 6.57 Å². The summed E-state index contributed by atoms with van der Waals surface area (Å²) in [5, 5.41) is 0.226. The van der Waals surface area contributed by atoms with Crippen molar-refractivity contribution in [2.24, 2.45) is 0 Å². The van der Waals surface area contributed by atoms with Crippen molar-refractivity contribution < 1.29 is 13.9 Å². The number of pyridine rings is 1. The predicted octanol–water partition coefficient (Wildman–Crippen LogP) is 4.61. The Hall–Kier alpha value is -3.09. The Labute approximate surface area is 203 Å². The molecule has 0 atom stereocenters. The van der Waals surface area contributed by atoms with E-state index >= 15 is 4.39 Å². The number of aryl methyl sites for hydroxylation is 1. The lowest BCUT2D eigenvalue weighted by atomic mass is 9.75. The van der Waals surface area contributed by atoms with E-state index in [2.05, 4.69) is 21.8 Å². The lowest BCUT2D eigenvalue weighted by Gasteiger charge is -2.43. The predicted molar refractivity (Wildman–Crippen MR) is 132 cm³/mol. The highest BCUT2D eigenvalue weighted by atomic mass is 32.1. The van der Waals surface area contributed by atoms with Crippen molar-refractivity contribution in [3.05, 3.63) is 53.3 Å². The van der Waals surface area contributed by atoms with Crippen LogP contribution in [0.1, 0.15) is 37.7 Å². The number of carbonyl (C=O) groups excluding carboxylic acids is 1. The molecular weight excluding hydrogens is 453 g/mol. The second kappa shape index (κ2) is 8.60. The van der Waals surface area contributed by atoms with Gasteiger partial charge in [-0.2, -0.15) is 0 Å². The van der Waals surface area contributed by atoms with Gasteiger partial charge in [-0.05, 0) is 82.1 Å². The molecular formula is C25H26FN5O2S. The Bertz CT molecular complexity index is 1200. The zero-order valence-corrected chi connectivity index (χ0v) is 20.1. The topological polar surface area (TPSA) is 53.3 Å². The van der Waals surface area contributed by atoms with E-state index in [4.69, 9.17) is 23.5 Å². The molecule has 2 saturated heterocycles. The lowest BCUT2D eigenvalue weighted by Crippen LogP contribution is -2.55. The fourth-order valence-corrected chi connectivity index (χ4v) is 5.48. The van der Waals surface area contributed by atoms with Gasteiger partial charge in [0.2, 0.25) is 0 Å². The third-order valence-electron chi connectivity index (χ3n) is 7.12. The SMILES string of the molecule is [C-]#[N+]c1ncc(N2C(=O)C3(CCC3)N(c3ccc(OC4CCN(C)CC4)cc3F)C2=S)cc1C. The molecule has 1 aromatic carbocycles. The molecule has 1 spiro atoms. The second-order valence-corrected chi connectivity index (χ2v) is 9.69. The first kappa shape index (κ1) is 22.7. The van der Waals surface area contributed by atoms with Crippen molar-refractivity contribution >= 4 is 40.4 Å². The van der Waals surface area contributed by atoms with Crippen LogP contribution < -0.4 is 14.5 Å². The molecule has 3 aliphatic rings. The molecule has 34 heavy (non-hydrogen) atoms. The number of nitrogens with zero attached hydrogens (tertiary/aromatic N) is 5. The number of amides is 1. The van der Waals surface area contributed by atoms with Crippen LogP contribution in [0.4, 0.5) is 21.6 Å². The summed E-state index contributed by atoms with van der Waals surface area (Å²) in [6.45, 7) is 10.9. The minimum Gasteiger partial charge on any atom is -0.490 e. The number of rotatable bonds is 4. The van der Waals surface area contributed by atoms with Crippen molar-refractivity contribution in [3.8, 4) is 5.75 Å². The van der Waals surface area contributed by atoms with Crippen molar-refractivity contribution in [2.75, 3.05) is 29.9 Å². The van der Waals surface area contributed by atoms with Crippen molar-refractivity contribution in [1.29, 1.82) is 0 Å². The van der Waals surface area contributed by atoms with E-state index in [1.165, 1.54) is 17.2 Å². The highest BCUT2D eigenvalue weighted by Crippen LogP contribution is 2.48. The monoisotopic (exact) mass is 479 g/mol. The van der Waals surface area contributed by atoms with Gasteiger partial charge < -0.3 is 19.4 Å². The molecule has 0 radical (unpaired) electrons. The lowest BCUT2D eigenvalue weighted by molar-refractivity contribution is -0.123. The Kier molecular flexibility index (Phi) is 5.74. The number of thiocarbonyl (C=S) groups is 1. The number of anilines is 2. The van der Waals surface area contributed by atoms with Crippen LogP contribution in [0.25, 0.3) is 4.85 Å². The molecule has 9 heteroatoms. The van der Waals surface area contributed by atoms with Gasteiger partial charge >= 0.3 is 0 Å². The van der Waals surface area contributed by atoms with Gasteiger partial charge in [0.05, 0.1) is 11.4 Å². The van der Waals surface area contributed by atoms with Crippen LogP contribution in [0.15, 0.2) is 30.5 Å². The number of hydrogen-bond acceptors (Lipinski definition) is 5. The molecule has 0 bridgehead atoms. The van der Waals surface area contributed by atoms with Crippen LogP contribution in [0, 0.1) is 19.3 Å². The van der Waals surface area contributed by atoms with Crippen LogP contribution in [0.3, 0.4) is 0 Å². The minimum atomic E-state index is -0.888. The molecule has 3 heterocycles. The largest absolute Gasteiger partial charge is 0.490 e. The zero-order chi connectivity index (χ0) is 24.0. The summed E-state index contributed by atoms with van der Waals surface area (Å²) in [5.74, 6) is 0.127. The third kappa shape index (κ3) is 3.62. The van der Waals surface area contributed by atoms with E-state index in [1.54, 1.807) is 30.0 Å². The average molecular weight is 480 g/mol. The van der Waals surface area contributed by atoms with Crippen LogP contribution in [-0.4, -0.2) is 52.7 Å². The maximum atomic E-state index is 15.4. The van der Waals surface area contributed by atoms with Crippen molar-refractivity contribution in [3.63, 3.8) is 0 Å². The Morgan fingerprint density at radius 2 is 2.00 bits per heavy atom. The summed E-state index contributed by atoms with van der Waals surface area (Å²) >= 11 is 5.73. The van der Waals surface area contributed by atoms with Crippen LogP contribution in [0.2, 0.25) is 0 Å². The van der Waals surface area contributed by atoms with E-state index < -0.39 is 11.4 Å². The van der Waals surface area contributed by atoms with E-state index in [0.717, 1.165) is 32.4 Å². The Morgan fingerprint density at radius 3 is 2.59 bits per heavy atom. The van der Waals surface area contributed by atoms with Gasteiger partial charge in [-0.15, -0.1) is 4.98 Å². The molecule has 1 saturated carbocycles. The summed E-state index contributed by atoms with van der Waals surface area (Å²) in [6, 6.07) is 6.55. The number of hydrogen-bond donors (Lipinski definition) is 0. The van der Waals surface area contributed by atoms with Gasteiger partial charge in [0.15, 0.2) is 10.9 Å². The summed E-state index contributed by atoms with van der Waals surface area (Å²) < 4.78 is 21.5. The second-order valence-electron chi connectivity index (χ2n) is 9.32. The molecule has 176 valence electrons. The van der Waals surface area contributed by atoms with Crippen molar-refractivity contribution in [2.45, 2.75) is 50.7 Å². The summed E-state index contributed by atoms with van der Waals surface area (Å²) in [6.07, 6.45) is 5.43. The molecule has 3 fully saturated rings. The normalized spacial score (nSPS) is 20.5. The molecule has 0 N–H and O–H groups in total. The maximum Gasteiger partial charge on any atom is 0.272 e. The fraction of sp³-hybridized carbons (Fsp3) is 0.440. The molecule has 1 aliphatic carbocycles. The highest BCUT2D eigenvalue weighted by Gasteiger charge is 2.60. The van der Waals surface area contributed by atoms with Crippen LogP contribution in [0.5, 0.6) is 5.75 Å². The van der Waals surface area contributed by atoms with E-state index in [1.807, 2.05) is 0 Å². The smallest absolute Gasteiger partial charge is 0.272 e. The van der Waals surface area contributed by atoms with E-state index in [9.17, 15) is 4.79 Å². The molecule has 1 amide bonds. The first-order valence-corrected chi connectivity index (χ1v) is 11.9. The number of benzene rings is 1. The number of ether oxygens (including phenoxy) is 1. The zero-order valence-electron chi connectivity index (χ0n) is 19.3. The Morgan fingerprint density at radius 1 is 1.26 bits per heavy atom. The van der Waals surface area contributed by atoms with E-state index in [-0.39, 0.29) is 28.6 Å². The van der Waals surface area contributed by atoms with E-state index in [0.29, 0.717) is 29.8 Å². The van der Waals surface area contributed by atoms with Gasteiger partial charge in [0, 0.05) is 19.2 Å². The van der Waals surface area contributed by atoms with Crippen LogP contribution >= 0.6 is 12.2 Å². The summed E-state index contributed by atoms with van der Waals surface area (Å²) in [4.78, 5) is 26.5. The van der Waals surface area contributed by atoms with Gasteiger partial charge in [-0.25, -0.2) is 4.39 Å². The molecule has 2 aromatic rings. The number of piperidine rings is 1. The van der Waals surface area contributed by atoms with Crippen molar-refractivity contribution in [1.82, 2.24) is 9.88 Å². The minimum absolute atomic E-state index is 0.0681. The fourth-order valence-electron chi connectivity index (χ4n) is 5.01. The quantitative estimate of drug-likeness (QED) is 0.472. The van der Waals surface area contributed by atoms with Gasteiger partial charge in [0.25, 0.3) is 11.7 Å². The summed E-state index contributed by atoms with van der Waals surface area (Å²) in [5.41, 5.74) is 0.543. The molecule has 0 unspecified atom stereocenters. The highest BCUT2D eigenvalue weighted by molar-refractivity contribution is 7.81. The Balaban J connectivity index is 1.45. The maximum absolute atomic E-state index is 15.4. The average Bonchev–Trinajstić information content (AvgIpc) is 3.02. The van der Waals surface area contributed by atoms with Gasteiger partial charge in [-0.3, -0.25) is 9.69 Å². The number of likely N-dealkylation sites (tertiary alicyclic amines) is 1. The molecule has 5 rings (SSSR count). The first-order valence-electron chi connectivity index (χ1n) is 11.5. The number of aromatic nitrogens is 1. The number of carbonyl (C=O) groups is 1. The number of halogens is 1.